The van der Waals surface area contributed by atoms with Gasteiger partial charge < -0.3 is 15.2 Å². The molecule has 0 fully saturated rings. The maximum absolute atomic E-state index is 12.1. The van der Waals surface area contributed by atoms with E-state index < -0.39 is 16.9 Å². The van der Waals surface area contributed by atoms with Crippen LogP contribution in [-0.2, 0) is 0 Å². The highest BCUT2D eigenvalue weighted by molar-refractivity contribution is 5.98. The highest BCUT2D eigenvalue weighted by Gasteiger charge is 2.23. The number of rotatable bonds is 7. The molecule has 110 valence electrons. The van der Waals surface area contributed by atoms with Crippen molar-refractivity contribution in [3.63, 3.8) is 0 Å². The van der Waals surface area contributed by atoms with Crippen LogP contribution >= 0.6 is 0 Å². The summed E-state index contributed by atoms with van der Waals surface area (Å²) in [5.41, 5.74) is -0.163. The molecule has 0 spiro atoms. The molecule has 20 heavy (non-hydrogen) atoms. The van der Waals surface area contributed by atoms with Crippen LogP contribution < -0.4 is 10.1 Å². The zero-order valence-electron chi connectivity index (χ0n) is 11.5. The van der Waals surface area contributed by atoms with Crippen molar-refractivity contribution >= 4 is 11.6 Å². The van der Waals surface area contributed by atoms with Crippen LogP contribution in [0.15, 0.2) is 18.2 Å². The molecule has 1 rings (SSSR count). The van der Waals surface area contributed by atoms with Crippen LogP contribution in [0.2, 0.25) is 0 Å². The van der Waals surface area contributed by atoms with Gasteiger partial charge in [-0.25, -0.2) is 0 Å². The molecule has 2 N–H and O–H groups in total. The van der Waals surface area contributed by atoms with Crippen molar-refractivity contribution in [2.75, 3.05) is 13.2 Å². The van der Waals surface area contributed by atoms with Crippen molar-refractivity contribution in [3.8, 4) is 5.75 Å². The summed E-state index contributed by atoms with van der Waals surface area (Å²) in [6.45, 7) is 3.52. The Kier molecular flexibility index (Phi) is 5.92. The van der Waals surface area contributed by atoms with Crippen LogP contribution in [-0.4, -0.2) is 35.2 Å². The van der Waals surface area contributed by atoms with Crippen LogP contribution in [0.3, 0.4) is 0 Å². The van der Waals surface area contributed by atoms with Crippen molar-refractivity contribution in [1.82, 2.24) is 5.32 Å². The van der Waals surface area contributed by atoms with E-state index in [1.54, 1.807) is 6.92 Å². The Morgan fingerprint density at radius 2 is 2.20 bits per heavy atom. The first-order valence-electron chi connectivity index (χ1n) is 6.37. The summed E-state index contributed by atoms with van der Waals surface area (Å²) in [4.78, 5) is 22.5. The summed E-state index contributed by atoms with van der Waals surface area (Å²) < 4.78 is 5.23. The first kappa shape index (κ1) is 15.9. The van der Waals surface area contributed by atoms with Gasteiger partial charge in [0.15, 0.2) is 0 Å². The SMILES string of the molecule is CCOc1c(C(=O)N[C@@H](CC)CO)cccc1[N+](=O)[O-]. The number of aliphatic hydroxyl groups is 1. The smallest absolute Gasteiger partial charge is 0.311 e. The summed E-state index contributed by atoms with van der Waals surface area (Å²) in [6.07, 6.45) is 0.557. The third-order valence-electron chi connectivity index (χ3n) is 2.77. The van der Waals surface area contributed by atoms with Gasteiger partial charge in [-0.15, -0.1) is 0 Å². The lowest BCUT2D eigenvalue weighted by atomic mass is 10.1. The fraction of sp³-hybridized carbons (Fsp3) is 0.462. The first-order valence-corrected chi connectivity index (χ1v) is 6.37. The molecule has 0 aromatic heterocycles. The van der Waals surface area contributed by atoms with Gasteiger partial charge in [-0.2, -0.15) is 0 Å². The topological polar surface area (TPSA) is 102 Å². The Bertz CT molecular complexity index is 486. The van der Waals surface area contributed by atoms with Crippen molar-refractivity contribution in [3.05, 3.63) is 33.9 Å². The number of amides is 1. The Morgan fingerprint density at radius 1 is 1.50 bits per heavy atom. The fourth-order valence-electron chi connectivity index (χ4n) is 1.68. The quantitative estimate of drug-likeness (QED) is 0.582. The average Bonchev–Trinajstić information content (AvgIpc) is 2.44. The van der Waals surface area contributed by atoms with Crippen molar-refractivity contribution in [1.29, 1.82) is 0 Å². The standard InChI is InChI=1S/C13H18N2O5/c1-3-9(8-16)14-13(17)10-6-5-7-11(15(18)19)12(10)20-4-2/h5-7,9,16H,3-4,8H2,1-2H3,(H,14,17)/t9-/m0/s1. The van der Waals surface area contributed by atoms with Gasteiger partial charge in [0.25, 0.3) is 5.91 Å². The molecule has 0 radical (unpaired) electrons. The predicted molar refractivity (Wildman–Crippen MR) is 72.9 cm³/mol. The summed E-state index contributed by atoms with van der Waals surface area (Å²) in [6, 6.07) is 3.77. The van der Waals surface area contributed by atoms with Crippen LogP contribution in [0.25, 0.3) is 0 Å². The number of carbonyl (C=O) groups is 1. The zero-order chi connectivity index (χ0) is 15.1. The third kappa shape index (κ3) is 3.67. The lowest BCUT2D eigenvalue weighted by molar-refractivity contribution is -0.385. The van der Waals surface area contributed by atoms with E-state index in [1.807, 2.05) is 6.92 Å². The van der Waals surface area contributed by atoms with Gasteiger partial charge in [-0.1, -0.05) is 13.0 Å². The number of benzene rings is 1. The molecule has 0 aliphatic heterocycles. The minimum absolute atomic E-state index is 0.0507. The minimum Gasteiger partial charge on any atom is -0.487 e. The van der Waals surface area contributed by atoms with Gasteiger partial charge in [0.1, 0.15) is 0 Å². The van der Waals surface area contributed by atoms with E-state index in [-0.39, 0.29) is 30.2 Å². The Labute approximate surface area is 116 Å². The molecule has 0 heterocycles. The monoisotopic (exact) mass is 282 g/mol. The molecular formula is C13H18N2O5. The Balaban J connectivity index is 3.13. The highest BCUT2D eigenvalue weighted by atomic mass is 16.6. The van der Waals surface area contributed by atoms with E-state index in [0.29, 0.717) is 6.42 Å². The molecule has 1 aromatic carbocycles. The highest BCUT2D eigenvalue weighted by Crippen LogP contribution is 2.30. The number of nitrogens with zero attached hydrogens (tertiary/aromatic N) is 1. The summed E-state index contributed by atoms with van der Waals surface area (Å²) in [5, 5.41) is 22.6. The average molecular weight is 282 g/mol. The number of hydrogen-bond acceptors (Lipinski definition) is 5. The molecule has 7 nitrogen and oxygen atoms in total. The molecule has 0 bridgehead atoms. The van der Waals surface area contributed by atoms with E-state index in [1.165, 1.54) is 18.2 Å². The second-order valence-corrected chi connectivity index (χ2v) is 4.11. The molecule has 7 heteroatoms. The van der Waals surface area contributed by atoms with Crippen LogP contribution in [0.1, 0.15) is 30.6 Å². The number of hydrogen-bond donors (Lipinski definition) is 2. The van der Waals surface area contributed by atoms with Crippen LogP contribution in [0, 0.1) is 10.1 Å². The lowest BCUT2D eigenvalue weighted by Gasteiger charge is -2.15. The maximum Gasteiger partial charge on any atom is 0.311 e. The summed E-state index contributed by atoms with van der Waals surface area (Å²) in [7, 11) is 0. The van der Waals surface area contributed by atoms with Gasteiger partial charge >= 0.3 is 5.69 Å². The van der Waals surface area contributed by atoms with Crippen molar-refractivity contribution < 1.29 is 19.6 Å². The number of nitrogens with one attached hydrogen (secondary N) is 1. The fourth-order valence-corrected chi connectivity index (χ4v) is 1.68. The largest absolute Gasteiger partial charge is 0.487 e. The molecule has 1 aromatic rings. The van der Waals surface area contributed by atoms with E-state index >= 15 is 0 Å². The number of nitro groups is 1. The summed E-state index contributed by atoms with van der Waals surface area (Å²) >= 11 is 0. The molecule has 0 unspecified atom stereocenters. The second kappa shape index (κ2) is 7.44. The van der Waals surface area contributed by atoms with Crippen molar-refractivity contribution in [2.24, 2.45) is 0 Å². The van der Waals surface area contributed by atoms with Crippen LogP contribution in [0.5, 0.6) is 5.75 Å². The number of para-hydroxylation sites is 1. The number of ether oxygens (including phenoxy) is 1. The molecule has 0 saturated heterocycles. The summed E-state index contributed by atoms with van der Waals surface area (Å²) in [5.74, 6) is -0.552. The zero-order valence-corrected chi connectivity index (χ0v) is 11.5. The van der Waals surface area contributed by atoms with Gasteiger partial charge in [0, 0.05) is 6.07 Å². The normalized spacial score (nSPS) is 11.8. The van der Waals surface area contributed by atoms with E-state index in [0.717, 1.165) is 0 Å². The molecule has 1 atom stereocenters. The molecule has 0 aliphatic rings. The lowest BCUT2D eigenvalue weighted by Crippen LogP contribution is -2.37. The molecular weight excluding hydrogens is 264 g/mol. The predicted octanol–water partition coefficient (Wildman–Crippen LogP) is 1.49. The van der Waals surface area contributed by atoms with Gasteiger partial charge in [0.2, 0.25) is 5.75 Å². The maximum atomic E-state index is 12.1. The van der Waals surface area contributed by atoms with Crippen LogP contribution in [0.4, 0.5) is 5.69 Å². The van der Waals surface area contributed by atoms with E-state index in [2.05, 4.69) is 5.32 Å². The first-order chi connectivity index (χ1) is 9.54. The minimum atomic E-state index is -0.592. The Morgan fingerprint density at radius 3 is 2.70 bits per heavy atom. The van der Waals surface area contributed by atoms with Gasteiger partial charge in [-0.05, 0) is 19.4 Å². The van der Waals surface area contributed by atoms with Gasteiger partial charge in [-0.3, -0.25) is 14.9 Å². The number of carbonyl (C=O) groups excluding carboxylic acids is 1. The van der Waals surface area contributed by atoms with E-state index in [4.69, 9.17) is 9.84 Å². The van der Waals surface area contributed by atoms with Gasteiger partial charge in [0.05, 0.1) is 29.7 Å². The van der Waals surface area contributed by atoms with E-state index in [9.17, 15) is 14.9 Å². The number of aliphatic hydroxyl groups excluding tert-OH is 1. The Hall–Kier alpha value is -2.15. The third-order valence-corrected chi connectivity index (χ3v) is 2.77. The molecule has 0 aliphatic carbocycles. The van der Waals surface area contributed by atoms with Crippen molar-refractivity contribution in [2.45, 2.75) is 26.3 Å². The second-order valence-electron chi connectivity index (χ2n) is 4.11. The number of nitro benzene ring substituents is 1. The molecule has 1 amide bonds. The molecule has 0 saturated carbocycles.